The highest BCUT2D eigenvalue weighted by Gasteiger charge is 2.41. The van der Waals surface area contributed by atoms with E-state index in [1.165, 1.54) is 4.90 Å². The molecule has 2 aliphatic rings. The van der Waals surface area contributed by atoms with Crippen LogP contribution in [-0.4, -0.2) is 40.7 Å². The molecule has 2 atom stereocenters. The predicted octanol–water partition coefficient (Wildman–Crippen LogP) is 1.12. The van der Waals surface area contributed by atoms with Crippen molar-refractivity contribution in [2.45, 2.75) is 58.3 Å². The zero-order valence-corrected chi connectivity index (χ0v) is 15.5. The van der Waals surface area contributed by atoms with Crippen LogP contribution in [0.3, 0.4) is 0 Å². The van der Waals surface area contributed by atoms with Crippen molar-refractivity contribution in [3.63, 3.8) is 0 Å². The fourth-order valence-electron chi connectivity index (χ4n) is 3.59. The zero-order chi connectivity index (χ0) is 19.6. The maximum atomic E-state index is 13.3. The van der Waals surface area contributed by atoms with Crippen molar-refractivity contribution in [3.05, 3.63) is 29.3 Å². The van der Waals surface area contributed by atoms with E-state index in [1.807, 2.05) is 19.1 Å². The molecule has 0 aromatic heterocycles. The van der Waals surface area contributed by atoms with E-state index in [0.717, 1.165) is 6.42 Å². The van der Waals surface area contributed by atoms with Crippen LogP contribution in [0.25, 0.3) is 0 Å². The van der Waals surface area contributed by atoms with Gasteiger partial charge in [-0.25, -0.2) is 0 Å². The number of carbonyl (C=O) groups is 4. The first-order chi connectivity index (χ1) is 12.9. The van der Waals surface area contributed by atoms with Crippen LogP contribution in [0.1, 0.15) is 55.5 Å². The summed E-state index contributed by atoms with van der Waals surface area (Å²) in [5, 5.41) is 8.38. The summed E-state index contributed by atoms with van der Waals surface area (Å²) < 4.78 is 0. The van der Waals surface area contributed by atoms with E-state index in [9.17, 15) is 19.2 Å². The number of amides is 4. The van der Waals surface area contributed by atoms with Crippen molar-refractivity contribution in [2.75, 3.05) is 5.32 Å². The summed E-state index contributed by atoms with van der Waals surface area (Å²) in [6.45, 7) is 3.98. The van der Waals surface area contributed by atoms with Crippen LogP contribution < -0.4 is 16.0 Å². The molecule has 1 fully saturated rings. The van der Waals surface area contributed by atoms with Gasteiger partial charge in [0.05, 0.1) is 11.7 Å². The summed E-state index contributed by atoms with van der Waals surface area (Å²) in [5.41, 5.74) is 1.83. The van der Waals surface area contributed by atoms with Gasteiger partial charge in [0, 0.05) is 25.1 Å². The molecule has 1 saturated heterocycles. The second-order valence-electron chi connectivity index (χ2n) is 6.87. The van der Waals surface area contributed by atoms with Gasteiger partial charge in [0.2, 0.25) is 17.7 Å². The quantitative estimate of drug-likeness (QED) is 0.672. The molecule has 27 heavy (non-hydrogen) atoms. The van der Waals surface area contributed by atoms with Gasteiger partial charge in [-0.2, -0.15) is 0 Å². The number of carbonyl (C=O) groups excluding carboxylic acids is 4. The van der Waals surface area contributed by atoms with Gasteiger partial charge in [0.1, 0.15) is 6.04 Å². The topological polar surface area (TPSA) is 108 Å². The highest BCUT2D eigenvalue weighted by atomic mass is 16.2. The number of fused-ring (bicyclic) bond motifs is 1. The number of piperidine rings is 1. The van der Waals surface area contributed by atoms with E-state index < -0.39 is 11.9 Å². The maximum Gasteiger partial charge on any atom is 0.258 e. The third-order valence-electron chi connectivity index (χ3n) is 4.88. The second-order valence-corrected chi connectivity index (χ2v) is 6.87. The third kappa shape index (κ3) is 3.79. The van der Waals surface area contributed by atoms with Crippen LogP contribution in [0.2, 0.25) is 0 Å². The van der Waals surface area contributed by atoms with Crippen LogP contribution in [0.4, 0.5) is 5.69 Å². The molecule has 4 amide bonds. The Morgan fingerprint density at radius 3 is 2.78 bits per heavy atom. The summed E-state index contributed by atoms with van der Waals surface area (Å²) in [7, 11) is 0. The van der Waals surface area contributed by atoms with Gasteiger partial charge in [0.15, 0.2) is 0 Å². The first-order valence-electron chi connectivity index (χ1n) is 9.23. The Hall–Kier alpha value is -2.90. The van der Waals surface area contributed by atoms with Crippen LogP contribution in [0.15, 0.2) is 18.2 Å². The molecule has 0 aliphatic carbocycles. The molecule has 2 aliphatic heterocycles. The van der Waals surface area contributed by atoms with E-state index in [1.54, 1.807) is 13.0 Å². The van der Waals surface area contributed by atoms with Crippen LogP contribution >= 0.6 is 0 Å². The Morgan fingerprint density at radius 1 is 1.30 bits per heavy atom. The molecule has 0 spiro atoms. The van der Waals surface area contributed by atoms with Gasteiger partial charge < -0.3 is 15.5 Å². The molecule has 2 unspecified atom stereocenters. The van der Waals surface area contributed by atoms with Crippen LogP contribution in [0, 0.1) is 0 Å². The highest BCUT2D eigenvalue weighted by Crippen LogP contribution is 2.31. The monoisotopic (exact) mass is 372 g/mol. The summed E-state index contributed by atoms with van der Waals surface area (Å²) in [4.78, 5) is 50.2. The van der Waals surface area contributed by atoms with Crippen molar-refractivity contribution in [1.82, 2.24) is 15.5 Å². The molecule has 3 N–H and O–H groups in total. The minimum Gasteiger partial charge on any atom is -0.365 e. The first kappa shape index (κ1) is 18.9. The lowest BCUT2D eigenvalue weighted by Crippen LogP contribution is -2.60. The van der Waals surface area contributed by atoms with Crippen molar-refractivity contribution < 1.29 is 19.2 Å². The number of anilines is 1. The van der Waals surface area contributed by atoms with Crippen molar-refractivity contribution in [2.24, 2.45) is 0 Å². The van der Waals surface area contributed by atoms with Crippen molar-refractivity contribution in [1.29, 1.82) is 0 Å². The molecule has 0 radical (unpaired) electrons. The fourth-order valence-corrected chi connectivity index (χ4v) is 3.59. The van der Waals surface area contributed by atoms with E-state index in [4.69, 9.17) is 0 Å². The third-order valence-corrected chi connectivity index (χ3v) is 4.88. The average molecular weight is 372 g/mol. The standard InChI is InChI=1S/C19H24N4O4/c1-3-5-15(24)20-10-12-6-4-7-13-17(12)19(27)23(11(2)21-13)14-8-9-16(25)22-18(14)26/h4,6-7,11,14,21H,3,5,8-10H2,1-2H3,(H,20,24)(H,22,25,26). The molecule has 8 heteroatoms. The lowest BCUT2D eigenvalue weighted by Gasteiger charge is -2.41. The smallest absolute Gasteiger partial charge is 0.258 e. The summed E-state index contributed by atoms with van der Waals surface area (Å²) in [6.07, 6.45) is 1.29. The zero-order valence-electron chi connectivity index (χ0n) is 15.5. The van der Waals surface area contributed by atoms with Crippen molar-refractivity contribution >= 4 is 29.3 Å². The second kappa shape index (κ2) is 7.77. The van der Waals surface area contributed by atoms with Gasteiger partial charge >= 0.3 is 0 Å². The lowest BCUT2D eigenvalue weighted by atomic mass is 9.96. The first-order valence-corrected chi connectivity index (χ1v) is 9.23. The molecule has 144 valence electrons. The van der Waals surface area contributed by atoms with Crippen LogP contribution in [-0.2, 0) is 20.9 Å². The minimum absolute atomic E-state index is 0.0679. The molecule has 1 aromatic rings. The molecule has 8 nitrogen and oxygen atoms in total. The van der Waals surface area contributed by atoms with Gasteiger partial charge in [-0.3, -0.25) is 24.5 Å². The fraction of sp³-hybridized carbons (Fsp3) is 0.474. The molecule has 2 heterocycles. The van der Waals surface area contributed by atoms with Gasteiger partial charge in [-0.15, -0.1) is 0 Å². The number of hydrogen-bond acceptors (Lipinski definition) is 5. The van der Waals surface area contributed by atoms with E-state index in [2.05, 4.69) is 16.0 Å². The van der Waals surface area contributed by atoms with E-state index in [0.29, 0.717) is 29.7 Å². The number of nitrogens with zero attached hydrogens (tertiary/aromatic N) is 1. The molecule has 1 aromatic carbocycles. The molecule has 0 bridgehead atoms. The maximum absolute atomic E-state index is 13.3. The van der Waals surface area contributed by atoms with Gasteiger partial charge in [-0.1, -0.05) is 19.1 Å². The summed E-state index contributed by atoms with van der Waals surface area (Å²) in [5.74, 6) is -1.11. The van der Waals surface area contributed by atoms with Crippen LogP contribution in [0.5, 0.6) is 0 Å². The Kier molecular flexibility index (Phi) is 5.43. The Morgan fingerprint density at radius 2 is 2.07 bits per heavy atom. The molecule has 0 saturated carbocycles. The number of rotatable bonds is 5. The largest absolute Gasteiger partial charge is 0.365 e. The number of nitrogens with one attached hydrogen (secondary N) is 3. The van der Waals surface area contributed by atoms with Crippen molar-refractivity contribution in [3.8, 4) is 0 Å². The Labute approximate surface area is 157 Å². The number of imide groups is 1. The van der Waals surface area contributed by atoms with Gasteiger partial charge in [-0.05, 0) is 31.4 Å². The van der Waals surface area contributed by atoms with Gasteiger partial charge in [0.25, 0.3) is 5.91 Å². The average Bonchev–Trinajstić information content (AvgIpc) is 2.61. The predicted molar refractivity (Wildman–Crippen MR) is 98.6 cm³/mol. The van der Waals surface area contributed by atoms with E-state index >= 15 is 0 Å². The molecule has 3 rings (SSSR count). The SMILES string of the molecule is CCCC(=O)NCc1cccc2c1C(=O)N(C1CCC(=O)NC1=O)C(C)N2. The Balaban J connectivity index is 1.86. The number of benzene rings is 1. The highest BCUT2D eigenvalue weighted by molar-refractivity contribution is 6.07. The lowest BCUT2D eigenvalue weighted by molar-refractivity contribution is -0.137. The molecular weight excluding hydrogens is 348 g/mol. The Bertz CT molecular complexity index is 792. The number of hydrogen-bond donors (Lipinski definition) is 3. The van der Waals surface area contributed by atoms with E-state index in [-0.39, 0.29) is 36.9 Å². The minimum atomic E-state index is -0.700. The normalized spacial score (nSPS) is 22.0. The summed E-state index contributed by atoms with van der Waals surface area (Å²) in [6, 6.07) is 4.73. The molecular formula is C19H24N4O4. The summed E-state index contributed by atoms with van der Waals surface area (Å²) >= 11 is 0.